The van der Waals surface area contributed by atoms with Crippen molar-refractivity contribution >= 4 is 17.3 Å². The molecule has 1 unspecified atom stereocenters. The summed E-state index contributed by atoms with van der Waals surface area (Å²) in [5.74, 6) is -0.143. The Labute approximate surface area is 118 Å². The number of piperidine rings is 1. The highest BCUT2D eigenvalue weighted by Crippen LogP contribution is 2.24. The first-order valence-corrected chi connectivity index (χ1v) is 7.73. The molecule has 5 heteroatoms. The largest absolute Gasteiger partial charge is 0.481 e. The maximum Gasteiger partial charge on any atom is 0.303 e. The van der Waals surface area contributed by atoms with Crippen molar-refractivity contribution in [3.05, 3.63) is 15.6 Å². The average molecular weight is 282 g/mol. The first-order chi connectivity index (χ1) is 9.04. The maximum atomic E-state index is 10.6. The number of rotatable bonds is 5. The molecule has 4 nitrogen and oxygen atoms in total. The molecule has 0 bridgehead atoms. The Hall–Kier alpha value is -0.940. The van der Waals surface area contributed by atoms with Gasteiger partial charge in [-0.05, 0) is 45.6 Å². The van der Waals surface area contributed by atoms with Crippen molar-refractivity contribution in [1.29, 1.82) is 0 Å². The Morgan fingerprint density at radius 3 is 2.95 bits per heavy atom. The van der Waals surface area contributed by atoms with Crippen molar-refractivity contribution in [2.45, 2.75) is 46.1 Å². The van der Waals surface area contributed by atoms with Crippen LogP contribution in [0.15, 0.2) is 0 Å². The van der Waals surface area contributed by atoms with E-state index in [1.807, 2.05) is 0 Å². The molecule has 0 saturated carbocycles. The maximum absolute atomic E-state index is 10.6. The third-order valence-electron chi connectivity index (χ3n) is 3.80. The summed E-state index contributed by atoms with van der Waals surface area (Å²) in [6.07, 6.45) is 3.45. The van der Waals surface area contributed by atoms with Crippen molar-refractivity contribution in [2.24, 2.45) is 5.92 Å². The van der Waals surface area contributed by atoms with Gasteiger partial charge in [-0.3, -0.25) is 9.69 Å². The lowest BCUT2D eigenvalue weighted by Gasteiger charge is -2.31. The number of nitrogens with zero attached hydrogens (tertiary/aromatic N) is 2. The molecule has 1 atom stereocenters. The van der Waals surface area contributed by atoms with Gasteiger partial charge >= 0.3 is 5.97 Å². The van der Waals surface area contributed by atoms with Crippen LogP contribution < -0.4 is 0 Å². The van der Waals surface area contributed by atoms with E-state index in [0.717, 1.165) is 31.7 Å². The predicted octanol–water partition coefficient (Wildman–Crippen LogP) is 2.84. The monoisotopic (exact) mass is 282 g/mol. The van der Waals surface area contributed by atoms with Crippen molar-refractivity contribution in [3.63, 3.8) is 0 Å². The number of aliphatic carboxylic acids is 1. The van der Waals surface area contributed by atoms with Crippen LogP contribution >= 0.6 is 11.3 Å². The Bertz CT molecular complexity index is 425. The van der Waals surface area contributed by atoms with Crippen molar-refractivity contribution < 1.29 is 9.90 Å². The summed E-state index contributed by atoms with van der Waals surface area (Å²) in [7, 11) is 0. The van der Waals surface area contributed by atoms with Crippen LogP contribution in [-0.4, -0.2) is 34.0 Å². The molecule has 2 rings (SSSR count). The van der Waals surface area contributed by atoms with Crippen LogP contribution in [-0.2, 0) is 11.3 Å². The van der Waals surface area contributed by atoms with Gasteiger partial charge in [0.05, 0.1) is 12.2 Å². The summed E-state index contributed by atoms with van der Waals surface area (Å²) in [5, 5.41) is 9.95. The molecule has 1 aromatic heterocycles. The van der Waals surface area contributed by atoms with Gasteiger partial charge in [0.2, 0.25) is 0 Å². The summed E-state index contributed by atoms with van der Waals surface area (Å²) in [6, 6.07) is 0. The average Bonchev–Trinajstić information content (AvgIpc) is 2.66. The second kappa shape index (κ2) is 6.48. The topological polar surface area (TPSA) is 53.4 Å². The molecule has 1 aromatic rings. The zero-order valence-electron chi connectivity index (χ0n) is 11.7. The van der Waals surface area contributed by atoms with E-state index in [-0.39, 0.29) is 0 Å². The van der Waals surface area contributed by atoms with E-state index in [2.05, 4.69) is 23.7 Å². The number of aryl methyl sites for hydroxylation is 2. The number of aromatic nitrogens is 1. The van der Waals surface area contributed by atoms with Gasteiger partial charge in [0, 0.05) is 17.8 Å². The molecule has 19 heavy (non-hydrogen) atoms. The second-order valence-electron chi connectivity index (χ2n) is 5.42. The first kappa shape index (κ1) is 14.5. The molecule has 0 aliphatic carbocycles. The van der Waals surface area contributed by atoms with Gasteiger partial charge in [-0.2, -0.15) is 0 Å². The summed E-state index contributed by atoms with van der Waals surface area (Å²) >= 11 is 1.78. The zero-order valence-corrected chi connectivity index (χ0v) is 12.5. The Balaban J connectivity index is 1.85. The molecule has 106 valence electrons. The van der Waals surface area contributed by atoms with Crippen LogP contribution in [0.25, 0.3) is 0 Å². The smallest absolute Gasteiger partial charge is 0.303 e. The number of hydrogen-bond acceptors (Lipinski definition) is 4. The molecule has 1 aliphatic rings. The highest BCUT2D eigenvalue weighted by Gasteiger charge is 2.21. The number of carbonyl (C=O) groups is 1. The van der Waals surface area contributed by atoms with E-state index in [4.69, 9.17) is 5.11 Å². The lowest BCUT2D eigenvalue weighted by molar-refractivity contribution is -0.137. The molecule has 2 heterocycles. The number of likely N-dealkylation sites (tertiary alicyclic amines) is 1. The highest BCUT2D eigenvalue weighted by atomic mass is 32.1. The normalized spacial score (nSPS) is 20.6. The Kier molecular flexibility index (Phi) is 4.93. The summed E-state index contributed by atoms with van der Waals surface area (Å²) < 4.78 is 0. The van der Waals surface area contributed by atoms with Gasteiger partial charge in [-0.15, -0.1) is 11.3 Å². The SMILES string of the molecule is Cc1nc(CN2CCCC(CCC(=O)O)C2)sc1C. The Morgan fingerprint density at radius 2 is 2.32 bits per heavy atom. The van der Waals surface area contributed by atoms with Crippen LogP contribution in [0, 0.1) is 19.8 Å². The Morgan fingerprint density at radius 1 is 1.53 bits per heavy atom. The van der Waals surface area contributed by atoms with Gasteiger partial charge in [0.15, 0.2) is 0 Å². The molecule has 1 fully saturated rings. The number of hydrogen-bond donors (Lipinski definition) is 1. The zero-order chi connectivity index (χ0) is 13.8. The van der Waals surface area contributed by atoms with Crippen LogP contribution in [0.3, 0.4) is 0 Å². The molecule has 1 N–H and O–H groups in total. The van der Waals surface area contributed by atoms with Crippen molar-refractivity contribution in [3.8, 4) is 0 Å². The van der Waals surface area contributed by atoms with E-state index < -0.39 is 5.97 Å². The molecule has 0 amide bonds. The lowest BCUT2D eigenvalue weighted by Crippen LogP contribution is -2.35. The van der Waals surface area contributed by atoms with E-state index in [1.54, 1.807) is 11.3 Å². The third-order valence-corrected chi connectivity index (χ3v) is 4.86. The van der Waals surface area contributed by atoms with Crippen LogP contribution in [0.4, 0.5) is 0 Å². The van der Waals surface area contributed by atoms with Gasteiger partial charge in [-0.1, -0.05) is 0 Å². The minimum absolute atomic E-state index is 0.300. The molecule has 1 saturated heterocycles. The molecular weight excluding hydrogens is 260 g/mol. The first-order valence-electron chi connectivity index (χ1n) is 6.91. The molecular formula is C14H22N2O2S. The number of carboxylic acid groups (broad SMARTS) is 1. The number of carboxylic acids is 1. The number of thiazole rings is 1. The standard InChI is InChI=1S/C14H22N2O2S/c1-10-11(2)19-13(15-10)9-16-7-3-4-12(8-16)5-6-14(17)18/h12H,3-9H2,1-2H3,(H,17,18). The van der Waals surface area contributed by atoms with Gasteiger partial charge in [0.25, 0.3) is 0 Å². The van der Waals surface area contributed by atoms with Gasteiger partial charge in [-0.25, -0.2) is 4.98 Å². The van der Waals surface area contributed by atoms with E-state index in [0.29, 0.717) is 12.3 Å². The quantitative estimate of drug-likeness (QED) is 0.902. The highest BCUT2D eigenvalue weighted by molar-refractivity contribution is 7.11. The fraction of sp³-hybridized carbons (Fsp3) is 0.714. The molecule has 0 spiro atoms. The van der Waals surface area contributed by atoms with Gasteiger partial charge < -0.3 is 5.11 Å². The lowest BCUT2D eigenvalue weighted by atomic mass is 9.93. The predicted molar refractivity (Wildman–Crippen MR) is 76.5 cm³/mol. The van der Waals surface area contributed by atoms with Crippen LogP contribution in [0.1, 0.15) is 41.3 Å². The van der Waals surface area contributed by atoms with Crippen LogP contribution in [0.2, 0.25) is 0 Å². The van der Waals surface area contributed by atoms with E-state index >= 15 is 0 Å². The summed E-state index contributed by atoms with van der Waals surface area (Å²) in [5.41, 5.74) is 1.14. The van der Waals surface area contributed by atoms with E-state index in [1.165, 1.54) is 22.7 Å². The fourth-order valence-corrected chi connectivity index (χ4v) is 3.63. The fourth-order valence-electron chi connectivity index (χ4n) is 2.66. The minimum Gasteiger partial charge on any atom is -0.481 e. The van der Waals surface area contributed by atoms with Crippen LogP contribution in [0.5, 0.6) is 0 Å². The third kappa shape index (κ3) is 4.28. The molecule has 0 aromatic carbocycles. The second-order valence-corrected chi connectivity index (χ2v) is 6.71. The summed E-state index contributed by atoms with van der Waals surface area (Å²) in [4.78, 5) is 18.9. The summed E-state index contributed by atoms with van der Waals surface area (Å²) in [6.45, 7) is 7.22. The van der Waals surface area contributed by atoms with Crippen molar-refractivity contribution in [2.75, 3.05) is 13.1 Å². The minimum atomic E-state index is -0.678. The molecule has 0 radical (unpaired) electrons. The van der Waals surface area contributed by atoms with Gasteiger partial charge in [0.1, 0.15) is 5.01 Å². The molecule has 1 aliphatic heterocycles. The van der Waals surface area contributed by atoms with E-state index in [9.17, 15) is 4.79 Å². The van der Waals surface area contributed by atoms with Crippen molar-refractivity contribution in [1.82, 2.24) is 9.88 Å².